The number of fused-ring (bicyclic) bond motifs is 1. The molecule has 0 spiro atoms. The molecular formula is C31H38Cl2N4O9. The monoisotopic (exact) mass is 680 g/mol. The summed E-state index contributed by atoms with van der Waals surface area (Å²) < 4.78 is 21.9. The molecule has 13 nitrogen and oxygen atoms in total. The van der Waals surface area contributed by atoms with Crippen molar-refractivity contribution in [3.8, 4) is 5.75 Å². The van der Waals surface area contributed by atoms with Crippen molar-refractivity contribution in [2.45, 2.75) is 64.4 Å². The highest BCUT2D eigenvalue weighted by molar-refractivity contribution is 6.42. The molecule has 46 heavy (non-hydrogen) atoms. The summed E-state index contributed by atoms with van der Waals surface area (Å²) >= 11 is 12.7. The molecule has 4 rings (SSSR count). The summed E-state index contributed by atoms with van der Waals surface area (Å²) in [6, 6.07) is 2.92. The van der Waals surface area contributed by atoms with Crippen LogP contribution in [0.5, 0.6) is 5.75 Å². The molecule has 0 radical (unpaired) electrons. The SMILES string of the molecule is CCOC(=O)CCC(C(=O)N1CCN(C(=O)OCC)CC1)c1nc2cc(Cl)c(Cl)cc2c(OC2(C(=O)OCC)CCC2)c1C(N)=O. The molecule has 1 unspecified atom stereocenters. The molecule has 3 amide bonds. The van der Waals surface area contributed by atoms with Gasteiger partial charge >= 0.3 is 18.0 Å². The lowest BCUT2D eigenvalue weighted by molar-refractivity contribution is -0.169. The number of benzene rings is 1. The number of ether oxygens (including phenoxy) is 4. The van der Waals surface area contributed by atoms with Gasteiger partial charge in [-0.25, -0.2) is 9.59 Å². The van der Waals surface area contributed by atoms with Gasteiger partial charge in [0.1, 0.15) is 11.3 Å². The zero-order valence-corrected chi connectivity index (χ0v) is 27.6. The van der Waals surface area contributed by atoms with E-state index in [1.165, 1.54) is 21.9 Å². The highest BCUT2D eigenvalue weighted by Crippen LogP contribution is 2.45. The number of amides is 3. The quantitative estimate of drug-likeness (QED) is 0.253. The van der Waals surface area contributed by atoms with E-state index in [2.05, 4.69) is 0 Å². The number of primary amides is 1. The molecular weight excluding hydrogens is 643 g/mol. The number of hydrogen-bond donors (Lipinski definition) is 1. The van der Waals surface area contributed by atoms with Gasteiger partial charge in [0, 0.05) is 38.0 Å². The van der Waals surface area contributed by atoms with E-state index in [1.807, 2.05) is 0 Å². The van der Waals surface area contributed by atoms with Gasteiger partial charge in [-0.2, -0.15) is 0 Å². The van der Waals surface area contributed by atoms with Crippen LogP contribution in [0.15, 0.2) is 12.1 Å². The molecule has 1 saturated heterocycles. The Morgan fingerprint density at radius 1 is 0.913 bits per heavy atom. The molecule has 2 heterocycles. The van der Waals surface area contributed by atoms with E-state index in [9.17, 15) is 24.0 Å². The van der Waals surface area contributed by atoms with Crippen molar-refractivity contribution < 1.29 is 42.9 Å². The Hall–Kier alpha value is -3.84. The van der Waals surface area contributed by atoms with Gasteiger partial charge in [0.15, 0.2) is 0 Å². The van der Waals surface area contributed by atoms with Crippen LogP contribution in [0.2, 0.25) is 10.0 Å². The standard InChI is InChI=1S/C31H38Cl2N4O9/c1-4-43-23(38)9-8-18(28(40)36-12-14-37(15-13-36)30(42)45-6-3)25-24(27(34)39)26(19-16-20(32)21(33)17-22(19)35-25)46-31(10-7-11-31)29(41)44-5-2/h16-18H,4-15H2,1-3H3,(H2,34,39). The molecule has 1 aliphatic carbocycles. The zero-order valence-electron chi connectivity index (χ0n) is 26.1. The fourth-order valence-electron chi connectivity index (χ4n) is 5.56. The molecule has 1 aromatic heterocycles. The fourth-order valence-corrected chi connectivity index (χ4v) is 5.89. The second-order valence-electron chi connectivity index (χ2n) is 10.9. The van der Waals surface area contributed by atoms with Gasteiger partial charge in [0.25, 0.3) is 5.91 Å². The topological polar surface area (TPSA) is 168 Å². The first-order valence-electron chi connectivity index (χ1n) is 15.3. The molecule has 1 saturated carbocycles. The Bertz CT molecular complexity index is 1510. The number of halogens is 2. The lowest BCUT2D eigenvalue weighted by atomic mass is 9.79. The number of carbonyl (C=O) groups is 5. The molecule has 250 valence electrons. The smallest absolute Gasteiger partial charge is 0.409 e. The Balaban J connectivity index is 1.85. The van der Waals surface area contributed by atoms with Crippen molar-refractivity contribution in [3.63, 3.8) is 0 Å². The molecule has 2 aliphatic rings. The minimum Gasteiger partial charge on any atom is -0.474 e. The van der Waals surface area contributed by atoms with Crippen LogP contribution in [-0.4, -0.2) is 96.2 Å². The first-order chi connectivity index (χ1) is 22.0. The summed E-state index contributed by atoms with van der Waals surface area (Å²) in [7, 11) is 0. The maximum atomic E-state index is 14.2. The maximum absolute atomic E-state index is 14.2. The summed E-state index contributed by atoms with van der Waals surface area (Å²) in [5, 5.41) is 0.540. The van der Waals surface area contributed by atoms with E-state index in [1.54, 1.807) is 20.8 Å². The molecule has 1 atom stereocenters. The summed E-state index contributed by atoms with van der Waals surface area (Å²) in [6.45, 7) is 6.29. The summed E-state index contributed by atoms with van der Waals surface area (Å²) in [4.78, 5) is 73.1. The van der Waals surface area contributed by atoms with Crippen molar-refractivity contribution in [3.05, 3.63) is 33.4 Å². The Kier molecular flexibility index (Phi) is 11.5. The van der Waals surface area contributed by atoms with E-state index in [0.717, 1.165) is 0 Å². The number of rotatable bonds is 12. The summed E-state index contributed by atoms with van der Waals surface area (Å²) in [5.41, 5.74) is 4.53. The molecule has 1 aromatic carbocycles. The third-order valence-corrected chi connectivity index (χ3v) is 8.77. The number of aromatic nitrogens is 1. The first-order valence-corrected chi connectivity index (χ1v) is 16.1. The van der Waals surface area contributed by atoms with Crippen LogP contribution in [0.4, 0.5) is 4.79 Å². The largest absolute Gasteiger partial charge is 0.474 e. The Morgan fingerprint density at radius 3 is 2.09 bits per heavy atom. The molecule has 2 aromatic rings. The summed E-state index contributed by atoms with van der Waals surface area (Å²) in [6.07, 6.45) is 0.574. The molecule has 15 heteroatoms. The van der Waals surface area contributed by atoms with Gasteiger partial charge in [-0.15, -0.1) is 0 Å². The average Bonchev–Trinajstić information content (AvgIpc) is 2.99. The second-order valence-corrected chi connectivity index (χ2v) is 11.7. The predicted octanol–water partition coefficient (Wildman–Crippen LogP) is 4.23. The molecule has 2 fully saturated rings. The van der Waals surface area contributed by atoms with Gasteiger partial charge in [0.05, 0.1) is 47.0 Å². The van der Waals surface area contributed by atoms with Crippen LogP contribution in [0.25, 0.3) is 10.9 Å². The zero-order chi connectivity index (χ0) is 33.6. The third kappa shape index (κ3) is 7.41. The highest BCUT2D eigenvalue weighted by atomic mass is 35.5. The van der Waals surface area contributed by atoms with Crippen LogP contribution in [0.3, 0.4) is 0 Å². The number of nitrogens with zero attached hydrogens (tertiary/aromatic N) is 3. The van der Waals surface area contributed by atoms with Gasteiger partial charge in [-0.3, -0.25) is 19.4 Å². The number of carbonyl (C=O) groups excluding carboxylic acids is 5. The summed E-state index contributed by atoms with van der Waals surface area (Å²) in [5.74, 6) is -3.81. The third-order valence-electron chi connectivity index (χ3n) is 8.05. The number of esters is 2. The van der Waals surface area contributed by atoms with Crippen LogP contribution in [0, 0.1) is 0 Å². The van der Waals surface area contributed by atoms with Crippen LogP contribution in [0.1, 0.15) is 74.8 Å². The number of piperazine rings is 1. The molecule has 2 N–H and O–H groups in total. The van der Waals surface area contributed by atoms with Crippen molar-refractivity contribution in [1.29, 1.82) is 0 Å². The van der Waals surface area contributed by atoms with Gasteiger partial charge in [0.2, 0.25) is 11.5 Å². The van der Waals surface area contributed by atoms with Crippen molar-refractivity contribution in [2.75, 3.05) is 46.0 Å². The minimum atomic E-state index is -1.40. The number of pyridine rings is 1. The molecule has 1 aliphatic heterocycles. The minimum absolute atomic E-state index is 0.0474. The Labute approximate surface area is 276 Å². The van der Waals surface area contributed by atoms with E-state index < -0.39 is 41.4 Å². The second kappa shape index (κ2) is 15.2. The normalized spacial score (nSPS) is 16.3. The van der Waals surface area contributed by atoms with Crippen molar-refractivity contribution in [2.24, 2.45) is 5.73 Å². The van der Waals surface area contributed by atoms with Crippen LogP contribution < -0.4 is 10.5 Å². The highest BCUT2D eigenvalue weighted by Gasteiger charge is 2.49. The fraction of sp³-hybridized carbons (Fsp3) is 0.548. The molecule has 0 bridgehead atoms. The lowest BCUT2D eigenvalue weighted by Gasteiger charge is -2.40. The average molecular weight is 682 g/mol. The van der Waals surface area contributed by atoms with E-state index in [4.69, 9.17) is 52.9 Å². The van der Waals surface area contributed by atoms with E-state index in [0.29, 0.717) is 19.3 Å². The first kappa shape index (κ1) is 35.0. The van der Waals surface area contributed by atoms with Gasteiger partial charge in [-0.05, 0) is 58.6 Å². The van der Waals surface area contributed by atoms with Crippen molar-refractivity contribution >= 4 is 64.0 Å². The lowest BCUT2D eigenvalue weighted by Crippen LogP contribution is -2.52. The maximum Gasteiger partial charge on any atom is 0.409 e. The van der Waals surface area contributed by atoms with Crippen LogP contribution >= 0.6 is 23.2 Å². The number of nitrogens with two attached hydrogens (primary N) is 1. The van der Waals surface area contributed by atoms with Gasteiger partial charge < -0.3 is 34.5 Å². The van der Waals surface area contributed by atoms with Crippen molar-refractivity contribution in [1.82, 2.24) is 14.8 Å². The van der Waals surface area contributed by atoms with Crippen LogP contribution in [-0.2, 0) is 28.6 Å². The van der Waals surface area contributed by atoms with Gasteiger partial charge in [-0.1, -0.05) is 23.2 Å². The van der Waals surface area contributed by atoms with E-state index in [-0.39, 0.29) is 96.8 Å². The predicted molar refractivity (Wildman–Crippen MR) is 168 cm³/mol. The Morgan fingerprint density at radius 2 is 1.52 bits per heavy atom. The number of hydrogen-bond acceptors (Lipinski definition) is 10. The van der Waals surface area contributed by atoms with E-state index >= 15 is 0 Å².